The minimum atomic E-state index is 0.139. The maximum atomic E-state index is 11.4. The predicted molar refractivity (Wildman–Crippen MR) is 57.5 cm³/mol. The van der Waals surface area contributed by atoms with Crippen molar-refractivity contribution in [2.45, 2.75) is 33.2 Å². The van der Waals surface area contributed by atoms with Crippen LogP contribution >= 0.6 is 0 Å². The van der Waals surface area contributed by atoms with E-state index in [0.717, 1.165) is 12.1 Å². The van der Waals surface area contributed by atoms with Gasteiger partial charge in [-0.3, -0.25) is 4.79 Å². The number of hydrogen-bond acceptors (Lipinski definition) is 1. The van der Waals surface area contributed by atoms with Crippen molar-refractivity contribution in [1.29, 1.82) is 0 Å². The summed E-state index contributed by atoms with van der Waals surface area (Å²) in [6, 6.07) is 6.60. The fourth-order valence-electron chi connectivity index (χ4n) is 2.24. The molecular formula is C12H15NO. The Morgan fingerprint density at radius 1 is 1.50 bits per heavy atom. The third kappa shape index (κ3) is 1.31. The number of anilines is 1. The summed E-state index contributed by atoms with van der Waals surface area (Å²) in [6.07, 6.45) is 0.983. The quantitative estimate of drug-likeness (QED) is 0.613. The predicted octanol–water partition coefficient (Wildman–Crippen LogP) is 2.29. The molecule has 1 aliphatic rings. The Balaban J connectivity index is 2.48. The van der Waals surface area contributed by atoms with Crippen LogP contribution in [-0.4, -0.2) is 11.9 Å². The fraction of sp³-hybridized carbons (Fsp3) is 0.417. The number of nitrogens with zero attached hydrogens (tertiary/aromatic N) is 1. The molecule has 0 aliphatic carbocycles. The number of aryl methyl sites for hydroxylation is 1. The molecule has 1 atom stereocenters. The van der Waals surface area contributed by atoms with Crippen LogP contribution in [0.2, 0.25) is 0 Å². The van der Waals surface area contributed by atoms with Crippen molar-refractivity contribution < 1.29 is 4.79 Å². The van der Waals surface area contributed by atoms with E-state index in [0.29, 0.717) is 6.04 Å². The van der Waals surface area contributed by atoms with Crippen molar-refractivity contribution >= 4 is 11.6 Å². The zero-order chi connectivity index (χ0) is 10.3. The van der Waals surface area contributed by atoms with Crippen LogP contribution in [0.4, 0.5) is 5.69 Å². The summed E-state index contributed by atoms with van der Waals surface area (Å²) >= 11 is 0. The lowest BCUT2D eigenvalue weighted by atomic mass is 10.1. The first-order valence-corrected chi connectivity index (χ1v) is 4.99. The Bertz CT molecular complexity index is 384. The second-order valence-electron chi connectivity index (χ2n) is 4.07. The standard InChI is InChI=1S/C12H15NO/c1-8-4-5-12-11(6-8)7-9(2)13(12)10(3)14/h4-6,9H,7H2,1-3H3. The maximum absolute atomic E-state index is 11.4. The van der Waals surface area contributed by atoms with Gasteiger partial charge in [0.05, 0.1) is 0 Å². The number of amides is 1. The van der Waals surface area contributed by atoms with E-state index < -0.39 is 0 Å². The van der Waals surface area contributed by atoms with Gasteiger partial charge in [0.15, 0.2) is 0 Å². The Morgan fingerprint density at radius 2 is 2.21 bits per heavy atom. The van der Waals surface area contributed by atoms with Crippen LogP contribution in [0.25, 0.3) is 0 Å². The molecule has 0 saturated carbocycles. The highest BCUT2D eigenvalue weighted by atomic mass is 16.2. The first kappa shape index (κ1) is 9.25. The summed E-state index contributed by atoms with van der Waals surface area (Å²) in [5, 5.41) is 0. The van der Waals surface area contributed by atoms with Gasteiger partial charge >= 0.3 is 0 Å². The zero-order valence-corrected chi connectivity index (χ0v) is 8.87. The highest BCUT2D eigenvalue weighted by molar-refractivity contribution is 5.94. The molecule has 2 heteroatoms. The summed E-state index contributed by atoms with van der Waals surface area (Å²) in [5.74, 6) is 0.139. The molecule has 1 unspecified atom stereocenters. The Kier molecular flexibility index (Phi) is 2.06. The molecule has 2 rings (SSSR count). The van der Waals surface area contributed by atoms with Gasteiger partial charge in [0.2, 0.25) is 5.91 Å². The molecule has 2 nitrogen and oxygen atoms in total. The van der Waals surface area contributed by atoms with E-state index >= 15 is 0 Å². The third-order valence-corrected chi connectivity index (χ3v) is 2.79. The van der Waals surface area contributed by atoms with Crippen LogP contribution in [0.1, 0.15) is 25.0 Å². The maximum Gasteiger partial charge on any atom is 0.224 e. The van der Waals surface area contributed by atoms with E-state index in [9.17, 15) is 4.79 Å². The van der Waals surface area contributed by atoms with Gasteiger partial charge in [-0.25, -0.2) is 0 Å². The number of fused-ring (bicyclic) bond motifs is 1. The molecule has 0 radical (unpaired) electrons. The fourth-order valence-corrected chi connectivity index (χ4v) is 2.24. The van der Waals surface area contributed by atoms with Gasteiger partial charge in [-0.05, 0) is 31.9 Å². The van der Waals surface area contributed by atoms with Crippen molar-refractivity contribution in [2.24, 2.45) is 0 Å². The monoisotopic (exact) mass is 189 g/mol. The van der Waals surface area contributed by atoms with E-state index in [2.05, 4.69) is 32.0 Å². The summed E-state index contributed by atoms with van der Waals surface area (Å²) in [5.41, 5.74) is 3.66. The molecule has 1 aromatic rings. The molecule has 0 N–H and O–H groups in total. The van der Waals surface area contributed by atoms with E-state index in [1.165, 1.54) is 11.1 Å². The average Bonchev–Trinajstić information content (AvgIpc) is 2.39. The molecular weight excluding hydrogens is 174 g/mol. The molecule has 0 spiro atoms. The zero-order valence-electron chi connectivity index (χ0n) is 8.87. The summed E-state index contributed by atoms with van der Waals surface area (Å²) in [6.45, 7) is 5.81. The highest BCUT2D eigenvalue weighted by Crippen LogP contribution is 2.32. The number of carbonyl (C=O) groups excluding carboxylic acids is 1. The number of hydrogen-bond donors (Lipinski definition) is 0. The topological polar surface area (TPSA) is 20.3 Å². The Hall–Kier alpha value is -1.31. The van der Waals surface area contributed by atoms with Gasteiger partial charge < -0.3 is 4.90 Å². The number of rotatable bonds is 0. The largest absolute Gasteiger partial charge is 0.309 e. The van der Waals surface area contributed by atoms with Gasteiger partial charge in [0, 0.05) is 18.7 Å². The minimum absolute atomic E-state index is 0.139. The van der Waals surface area contributed by atoms with Crippen molar-refractivity contribution in [2.75, 3.05) is 4.90 Å². The van der Waals surface area contributed by atoms with Crippen LogP contribution in [0.5, 0.6) is 0 Å². The van der Waals surface area contributed by atoms with E-state index in [-0.39, 0.29) is 5.91 Å². The van der Waals surface area contributed by atoms with Crippen molar-refractivity contribution in [1.82, 2.24) is 0 Å². The van der Waals surface area contributed by atoms with Crippen LogP contribution in [-0.2, 0) is 11.2 Å². The molecule has 1 aromatic carbocycles. The number of benzene rings is 1. The van der Waals surface area contributed by atoms with Crippen molar-refractivity contribution in [3.05, 3.63) is 29.3 Å². The molecule has 0 fully saturated rings. The lowest BCUT2D eigenvalue weighted by molar-refractivity contribution is -0.116. The molecule has 1 amide bonds. The van der Waals surface area contributed by atoms with Gasteiger partial charge in [0.25, 0.3) is 0 Å². The van der Waals surface area contributed by atoms with Crippen LogP contribution in [0.3, 0.4) is 0 Å². The van der Waals surface area contributed by atoms with Gasteiger partial charge in [-0.1, -0.05) is 17.7 Å². The van der Waals surface area contributed by atoms with E-state index in [1.54, 1.807) is 6.92 Å². The smallest absolute Gasteiger partial charge is 0.224 e. The molecule has 0 bridgehead atoms. The molecule has 0 aromatic heterocycles. The van der Waals surface area contributed by atoms with Gasteiger partial charge in [0.1, 0.15) is 0 Å². The average molecular weight is 189 g/mol. The Morgan fingerprint density at radius 3 is 2.86 bits per heavy atom. The van der Waals surface area contributed by atoms with Crippen LogP contribution in [0, 0.1) is 6.92 Å². The lowest BCUT2D eigenvalue weighted by Crippen LogP contribution is -2.33. The van der Waals surface area contributed by atoms with Crippen molar-refractivity contribution in [3.63, 3.8) is 0 Å². The van der Waals surface area contributed by atoms with Crippen LogP contribution < -0.4 is 4.90 Å². The van der Waals surface area contributed by atoms with Gasteiger partial charge in [-0.2, -0.15) is 0 Å². The molecule has 74 valence electrons. The minimum Gasteiger partial charge on any atom is -0.309 e. The summed E-state index contributed by atoms with van der Waals surface area (Å²) in [7, 11) is 0. The van der Waals surface area contributed by atoms with Crippen LogP contribution in [0.15, 0.2) is 18.2 Å². The number of carbonyl (C=O) groups is 1. The van der Waals surface area contributed by atoms with Gasteiger partial charge in [-0.15, -0.1) is 0 Å². The Labute approximate surface area is 84.5 Å². The second-order valence-corrected chi connectivity index (χ2v) is 4.07. The molecule has 1 heterocycles. The molecule has 14 heavy (non-hydrogen) atoms. The molecule has 1 aliphatic heterocycles. The second kappa shape index (κ2) is 3.12. The SMILES string of the molecule is CC(=O)N1c2ccc(C)cc2CC1C. The third-order valence-electron chi connectivity index (χ3n) is 2.79. The van der Waals surface area contributed by atoms with Crippen molar-refractivity contribution in [3.8, 4) is 0 Å². The first-order chi connectivity index (χ1) is 6.59. The molecule has 0 saturated heterocycles. The summed E-state index contributed by atoms with van der Waals surface area (Å²) in [4.78, 5) is 13.3. The summed E-state index contributed by atoms with van der Waals surface area (Å²) < 4.78 is 0. The first-order valence-electron chi connectivity index (χ1n) is 4.99. The lowest BCUT2D eigenvalue weighted by Gasteiger charge is -2.20. The normalized spacial score (nSPS) is 19.6. The van der Waals surface area contributed by atoms with E-state index in [4.69, 9.17) is 0 Å². The highest BCUT2D eigenvalue weighted by Gasteiger charge is 2.28. The van der Waals surface area contributed by atoms with E-state index in [1.807, 2.05) is 4.90 Å².